The zero-order valence-electron chi connectivity index (χ0n) is 19.9. The molecule has 7 heteroatoms. The summed E-state index contributed by atoms with van der Waals surface area (Å²) in [5.41, 5.74) is 19.2. The number of hydrogen-bond acceptors (Lipinski definition) is 6. The van der Waals surface area contributed by atoms with Crippen LogP contribution in [-0.2, 0) is 0 Å². The summed E-state index contributed by atoms with van der Waals surface area (Å²) < 4.78 is 2.31. The number of hydrogen-bond donors (Lipinski definition) is 2. The van der Waals surface area contributed by atoms with Gasteiger partial charge in [0.1, 0.15) is 17.8 Å². The average Bonchev–Trinajstić information content (AvgIpc) is 3.30. The van der Waals surface area contributed by atoms with Crippen molar-refractivity contribution in [3.8, 4) is 22.5 Å². The molecule has 0 amide bonds. The van der Waals surface area contributed by atoms with Gasteiger partial charge in [-0.2, -0.15) is 0 Å². The summed E-state index contributed by atoms with van der Waals surface area (Å²) in [7, 11) is 0. The van der Waals surface area contributed by atoms with Gasteiger partial charge in [-0.05, 0) is 80.5 Å². The van der Waals surface area contributed by atoms with E-state index in [2.05, 4.69) is 56.9 Å². The molecule has 1 aromatic carbocycles. The Morgan fingerprint density at radius 3 is 2.60 bits per heavy atom. The monoisotopic (exact) mass is 463 g/mol. The van der Waals surface area contributed by atoms with Gasteiger partial charge in [-0.25, -0.2) is 15.0 Å². The summed E-state index contributed by atoms with van der Waals surface area (Å²) in [6, 6.07) is 14.8. The lowest BCUT2D eigenvalue weighted by atomic mass is 9.86. The summed E-state index contributed by atoms with van der Waals surface area (Å²) in [4.78, 5) is 18.4. The number of pyridine rings is 2. The van der Waals surface area contributed by atoms with Crippen molar-refractivity contribution in [1.29, 1.82) is 0 Å². The molecule has 0 unspecified atom stereocenters. The first kappa shape index (κ1) is 21.7. The van der Waals surface area contributed by atoms with Crippen molar-refractivity contribution in [3.05, 3.63) is 66.7 Å². The second kappa shape index (κ2) is 8.74. The van der Waals surface area contributed by atoms with Gasteiger partial charge in [-0.1, -0.05) is 18.2 Å². The third-order valence-electron chi connectivity index (χ3n) is 7.44. The van der Waals surface area contributed by atoms with Crippen LogP contribution < -0.4 is 11.5 Å². The lowest BCUT2D eigenvalue weighted by Gasteiger charge is -2.29. The van der Waals surface area contributed by atoms with E-state index in [1.165, 1.54) is 5.56 Å². The Morgan fingerprint density at radius 1 is 0.971 bits per heavy atom. The van der Waals surface area contributed by atoms with Crippen molar-refractivity contribution >= 4 is 27.8 Å². The molecule has 0 spiro atoms. The molecule has 1 aliphatic rings. The zero-order chi connectivity index (χ0) is 23.9. The first-order valence-corrected chi connectivity index (χ1v) is 12.3. The van der Waals surface area contributed by atoms with Gasteiger partial charge < -0.3 is 16.0 Å². The number of fused-ring (bicyclic) bond motifs is 2. The van der Waals surface area contributed by atoms with Crippen LogP contribution in [0.4, 0.5) is 5.82 Å². The molecule has 1 aliphatic carbocycles. The Kier molecular flexibility index (Phi) is 5.41. The first-order valence-electron chi connectivity index (χ1n) is 12.3. The summed E-state index contributed by atoms with van der Waals surface area (Å²) in [6.45, 7) is 2.88. The molecule has 5 aromatic rings. The van der Waals surface area contributed by atoms with Gasteiger partial charge >= 0.3 is 0 Å². The normalized spacial score (nSPS) is 18.3. The molecule has 4 aromatic heterocycles. The molecule has 6 rings (SSSR count). The average molecular weight is 464 g/mol. The number of nitrogen functional groups attached to an aromatic ring is 1. The van der Waals surface area contributed by atoms with Crippen molar-refractivity contribution < 1.29 is 0 Å². The van der Waals surface area contributed by atoms with E-state index < -0.39 is 0 Å². The SMILES string of the molecule is Cc1cc(-c2ccccn2)nc2cc(-c3cn(C4CCC(CN)CC4)c4ncnc(N)c34)ccc12. The Balaban J connectivity index is 1.48. The van der Waals surface area contributed by atoms with Gasteiger partial charge in [0.15, 0.2) is 0 Å². The predicted octanol–water partition coefficient (Wildman–Crippen LogP) is 5.29. The third-order valence-corrected chi connectivity index (χ3v) is 7.44. The molecular weight excluding hydrogens is 434 g/mol. The fourth-order valence-corrected chi connectivity index (χ4v) is 5.48. The van der Waals surface area contributed by atoms with Crippen LogP contribution >= 0.6 is 0 Å². The Bertz CT molecular complexity index is 1520. The van der Waals surface area contributed by atoms with Gasteiger partial charge in [0.25, 0.3) is 0 Å². The minimum absolute atomic E-state index is 0.389. The molecule has 0 aliphatic heterocycles. The van der Waals surface area contributed by atoms with Gasteiger partial charge in [-0.15, -0.1) is 0 Å². The summed E-state index contributed by atoms with van der Waals surface area (Å²) >= 11 is 0. The molecule has 4 heterocycles. The van der Waals surface area contributed by atoms with Crippen molar-refractivity contribution in [3.63, 3.8) is 0 Å². The molecule has 35 heavy (non-hydrogen) atoms. The highest BCUT2D eigenvalue weighted by atomic mass is 15.1. The van der Waals surface area contributed by atoms with Crippen molar-refractivity contribution in [2.45, 2.75) is 38.6 Å². The second-order valence-electron chi connectivity index (χ2n) is 9.59. The molecule has 4 N–H and O–H groups in total. The Morgan fingerprint density at radius 2 is 1.83 bits per heavy atom. The minimum atomic E-state index is 0.389. The molecular formula is C28H29N7. The quantitative estimate of drug-likeness (QED) is 0.375. The Hall–Kier alpha value is -3.84. The van der Waals surface area contributed by atoms with E-state index in [1.807, 2.05) is 18.2 Å². The number of nitrogens with zero attached hydrogens (tertiary/aromatic N) is 5. The number of rotatable bonds is 4. The third kappa shape index (κ3) is 3.82. The number of anilines is 1. The number of aromatic nitrogens is 5. The Labute approximate surface area is 204 Å². The molecule has 0 saturated heterocycles. The van der Waals surface area contributed by atoms with Crippen LogP contribution in [0.5, 0.6) is 0 Å². The first-order chi connectivity index (χ1) is 17.1. The summed E-state index contributed by atoms with van der Waals surface area (Å²) in [5.74, 6) is 1.13. The van der Waals surface area contributed by atoms with Gasteiger partial charge in [0.2, 0.25) is 0 Å². The van der Waals surface area contributed by atoms with E-state index in [4.69, 9.17) is 16.5 Å². The highest BCUT2D eigenvalue weighted by Crippen LogP contribution is 2.40. The van der Waals surface area contributed by atoms with Crippen molar-refractivity contribution in [1.82, 2.24) is 24.5 Å². The molecule has 176 valence electrons. The summed E-state index contributed by atoms with van der Waals surface area (Å²) in [6.07, 6.45) is 10.1. The van der Waals surface area contributed by atoms with Gasteiger partial charge in [0, 0.05) is 29.4 Å². The van der Waals surface area contributed by atoms with E-state index in [1.54, 1.807) is 12.5 Å². The molecule has 1 saturated carbocycles. The smallest absolute Gasteiger partial charge is 0.146 e. The maximum Gasteiger partial charge on any atom is 0.146 e. The van der Waals surface area contributed by atoms with Crippen LogP contribution in [0.2, 0.25) is 0 Å². The zero-order valence-corrected chi connectivity index (χ0v) is 19.9. The molecule has 0 bridgehead atoms. The number of nitrogens with two attached hydrogens (primary N) is 2. The topological polar surface area (TPSA) is 109 Å². The van der Waals surface area contributed by atoms with Crippen LogP contribution in [0.1, 0.15) is 37.3 Å². The van der Waals surface area contributed by atoms with Crippen molar-refractivity contribution in [2.24, 2.45) is 11.7 Å². The fourth-order valence-electron chi connectivity index (χ4n) is 5.48. The van der Waals surface area contributed by atoms with E-state index in [9.17, 15) is 0 Å². The fraction of sp³-hybridized carbons (Fsp3) is 0.286. The second-order valence-corrected chi connectivity index (χ2v) is 9.59. The molecule has 0 radical (unpaired) electrons. The van der Waals surface area contributed by atoms with Crippen LogP contribution in [-0.4, -0.2) is 31.0 Å². The van der Waals surface area contributed by atoms with Crippen LogP contribution in [0.15, 0.2) is 61.2 Å². The highest BCUT2D eigenvalue weighted by Gasteiger charge is 2.25. The van der Waals surface area contributed by atoms with E-state index in [0.717, 1.165) is 76.7 Å². The summed E-state index contributed by atoms with van der Waals surface area (Å²) in [5, 5.41) is 2.03. The van der Waals surface area contributed by atoms with E-state index in [0.29, 0.717) is 17.8 Å². The van der Waals surface area contributed by atoms with Crippen LogP contribution in [0.25, 0.3) is 44.5 Å². The van der Waals surface area contributed by atoms with Crippen molar-refractivity contribution in [2.75, 3.05) is 12.3 Å². The molecule has 1 fully saturated rings. The van der Waals surface area contributed by atoms with E-state index in [-0.39, 0.29) is 0 Å². The minimum Gasteiger partial charge on any atom is -0.383 e. The number of benzene rings is 1. The number of aryl methyl sites for hydroxylation is 1. The lowest BCUT2D eigenvalue weighted by Crippen LogP contribution is -2.23. The van der Waals surface area contributed by atoms with Crippen LogP contribution in [0, 0.1) is 12.8 Å². The maximum absolute atomic E-state index is 6.41. The van der Waals surface area contributed by atoms with Gasteiger partial charge in [0.05, 0.1) is 22.3 Å². The lowest BCUT2D eigenvalue weighted by molar-refractivity contribution is 0.283. The van der Waals surface area contributed by atoms with Gasteiger partial charge in [-0.3, -0.25) is 4.98 Å². The predicted molar refractivity (Wildman–Crippen MR) is 141 cm³/mol. The van der Waals surface area contributed by atoms with Crippen LogP contribution in [0.3, 0.4) is 0 Å². The standard InChI is InChI=1S/C28H29N7/c1-17-12-25(23-4-2-3-11-31-23)34-24-13-19(7-10-21(17)24)22-15-35(20-8-5-18(14-29)6-9-20)28-26(22)27(30)32-16-33-28/h2-4,7,10-13,15-16,18,20H,5-6,8-9,14,29H2,1H3,(H2,30,32,33). The molecule has 7 nitrogen and oxygen atoms in total. The largest absolute Gasteiger partial charge is 0.383 e. The van der Waals surface area contributed by atoms with E-state index >= 15 is 0 Å². The molecule has 0 atom stereocenters. The maximum atomic E-state index is 6.41. The highest BCUT2D eigenvalue weighted by molar-refractivity contribution is 6.02.